The Labute approximate surface area is 212 Å². The number of anilines is 2. The van der Waals surface area contributed by atoms with Crippen molar-refractivity contribution in [2.24, 2.45) is 0 Å². The first kappa shape index (κ1) is 24.7. The molecule has 3 aromatic rings. The molecule has 1 aliphatic heterocycles. The molecule has 4 rings (SSSR count). The third kappa shape index (κ3) is 5.45. The Morgan fingerprint density at radius 1 is 1.00 bits per heavy atom. The third-order valence-electron chi connectivity index (χ3n) is 5.47. The molecule has 1 saturated heterocycles. The molecule has 182 valence electrons. The second kappa shape index (κ2) is 10.5. The normalized spacial score (nSPS) is 14.6. The highest BCUT2D eigenvalue weighted by Gasteiger charge is 2.37. The molecule has 0 radical (unpaired) electrons. The number of benzene rings is 3. The molecule has 0 bridgehead atoms. The number of rotatable bonds is 6. The molecule has 3 aromatic carbocycles. The topological polar surface area (TPSA) is 105 Å². The monoisotopic (exact) mass is 503 g/mol. The molecule has 0 atom stereocenters. The summed E-state index contributed by atoms with van der Waals surface area (Å²) in [6.45, 7) is 3.45. The fourth-order valence-electron chi connectivity index (χ4n) is 3.52. The number of para-hydroxylation sites is 1. The van der Waals surface area contributed by atoms with Gasteiger partial charge in [0.25, 0.3) is 17.7 Å². The van der Waals surface area contributed by atoms with E-state index in [-0.39, 0.29) is 23.8 Å². The number of carbonyl (C=O) groups is 4. The van der Waals surface area contributed by atoms with E-state index in [0.29, 0.717) is 22.0 Å². The van der Waals surface area contributed by atoms with Crippen molar-refractivity contribution in [3.8, 4) is 5.75 Å². The first-order valence-corrected chi connectivity index (χ1v) is 11.4. The van der Waals surface area contributed by atoms with E-state index in [4.69, 9.17) is 16.3 Å². The van der Waals surface area contributed by atoms with E-state index in [0.717, 1.165) is 16.0 Å². The van der Waals surface area contributed by atoms with Crippen molar-refractivity contribution in [3.63, 3.8) is 0 Å². The summed E-state index contributed by atoms with van der Waals surface area (Å²) in [6, 6.07) is 17.8. The second-order valence-electron chi connectivity index (χ2n) is 8.12. The number of aryl methyl sites for hydroxylation is 2. The lowest BCUT2D eigenvalue weighted by Crippen LogP contribution is -2.54. The van der Waals surface area contributed by atoms with E-state index in [1.165, 1.54) is 12.1 Å². The van der Waals surface area contributed by atoms with Crippen molar-refractivity contribution in [3.05, 3.63) is 94.0 Å². The van der Waals surface area contributed by atoms with Gasteiger partial charge in [-0.25, -0.2) is 9.69 Å². The molecule has 1 heterocycles. The average Bonchev–Trinajstić information content (AvgIpc) is 2.84. The zero-order valence-electron chi connectivity index (χ0n) is 19.5. The maximum atomic E-state index is 13.1. The van der Waals surface area contributed by atoms with Gasteiger partial charge in [-0.15, -0.1) is 0 Å². The van der Waals surface area contributed by atoms with Gasteiger partial charge in [0.2, 0.25) is 0 Å². The Morgan fingerprint density at radius 2 is 1.78 bits per heavy atom. The minimum absolute atomic E-state index is 0.232. The van der Waals surface area contributed by atoms with Gasteiger partial charge < -0.3 is 10.1 Å². The number of hydrogen-bond acceptors (Lipinski definition) is 5. The Hall–Kier alpha value is -4.43. The molecule has 2 N–H and O–H groups in total. The summed E-state index contributed by atoms with van der Waals surface area (Å²) in [4.78, 5) is 51.1. The van der Waals surface area contributed by atoms with Crippen LogP contribution in [-0.4, -0.2) is 30.4 Å². The first-order chi connectivity index (χ1) is 17.2. The molecule has 0 saturated carbocycles. The zero-order chi connectivity index (χ0) is 25.8. The van der Waals surface area contributed by atoms with Crippen molar-refractivity contribution in [2.75, 3.05) is 16.8 Å². The average molecular weight is 504 g/mol. The van der Waals surface area contributed by atoms with Gasteiger partial charge in [0.1, 0.15) is 11.3 Å². The third-order valence-corrected chi connectivity index (χ3v) is 5.88. The van der Waals surface area contributed by atoms with E-state index in [1.54, 1.807) is 49.4 Å². The van der Waals surface area contributed by atoms with Gasteiger partial charge in [-0.05, 0) is 66.9 Å². The van der Waals surface area contributed by atoms with Crippen molar-refractivity contribution >= 4 is 52.8 Å². The number of halogens is 1. The number of nitrogens with one attached hydrogen (secondary N) is 2. The van der Waals surface area contributed by atoms with Crippen LogP contribution in [0.2, 0.25) is 5.02 Å². The number of carbonyl (C=O) groups excluding carboxylic acids is 4. The predicted octanol–water partition coefficient (Wildman–Crippen LogP) is 4.64. The molecule has 8 nitrogen and oxygen atoms in total. The number of imide groups is 2. The number of ether oxygens (including phenoxy) is 1. The molecule has 5 amide bonds. The molecule has 0 aromatic heterocycles. The summed E-state index contributed by atoms with van der Waals surface area (Å²) < 4.78 is 5.59. The predicted molar refractivity (Wildman–Crippen MR) is 137 cm³/mol. The fourth-order valence-corrected chi connectivity index (χ4v) is 3.70. The van der Waals surface area contributed by atoms with Gasteiger partial charge in [0.15, 0.2) is 6.61 Å². The molecule has 1 fully saturated rings. The Bertz CT molecular complexity index is 1420. The van der Waals surface area contributed by atoms with Gasteiger partial charge >= 0.3 is 6.03 Å². The Morgan fingerprint density at radius 3 is 2.53 bits per heavy atom. The van der Waals surface area contributed by atoms with Gasteiger partial charge in [-0.2, -0.15) is 0 Å². The molecule has 0 unspecified atom stereocenters. The maximum absolute atomic E-state index is 13.1. The number of urea groups is 1. The quantitative estimate of drug-likeness (QED) is 0.376. The van der Waals surface area contributed by atoms with E-state index >= 15 is 0 Å². The van der Waals surface area contributed by atoms with E-state index in [9.17, 15) is 19.2 Å². The van der Waals surface area contributed by atoms with Crippen LogP contribution in [0.5, 0.6) is 5.75 Å². The minimum Gasteiger partial charge on any atom is -0.484 e. The Kier molecular flexibility index (Phi) is 7.17. The van der Waals surface area contributed by atoms with E-state index in [2.05, 4.69) is 10.6 Å². The summed E-state index contributed by atoms with van der Waals surface area (Å²) in [5, 5.41) is 5.34. The van der Waals surface area contributed by atoms with Crippen LogP contribution in [0, 0.1) is 13.8 Å². The van der Waals surface area contributed by atoms with Crippen molar-refractivity contribution in [1.29, 1.82) is 0 Å². The fraction of sp³-hybridized carbons (Fsp3) is 0.111. The van der Waals surface area contributed by atoms with Crippen molar-refractivity contribution in [2.45, 2.75) is 13.8 Å². The summed E-state index contributed by atoms with van der Waals surface area (Å²) in [5.41, 5.74) is 2.88. The highest BCUT2D eigenvalue weighted by atomic mass is 35.5. The van der Waals surface area contributed by atoms with Crippen LogP contribution in [0.1, 0.15) is 16.7 Å². The first-order valence-electron chi connectivity index (χ1n) is 11.0. The summed E-state index contributed by atoms with van der Waals surface area (Å²) in [7, 11) is 0. The SMILES string of the molecule is Cc1ccc(N2C(=O)NC(=O)/C(=C\c3cccc(OCC(=O)Nc4ccccc4C)c3)C2=O)cc1Cl. The van der Waals surface area contributed by atoms with Crippen LogP contribution in [0.3, 0.4) is 0 Å². The van der Waals surface area contributed by atoms with Crippen LogP contribution in [0.4, 0.5) is 16.2 Å². The number of nitrogens with zero attached hydrogens (tertiary/aromatic N) is 1. The molecule has 0 spiro atoms. The number of amides is 5. The van der Waals surface area contributed by atoms with Crippen LogP contribution in [0.25, 0.3) is 6.08 Å². The Balaban J connectivity index is 1.50. The van der Waals surface area contributed by atoms with Crippen molar-refractivity contribution in [1.82, 2.24) is 5.32 Å². The van der Waals surface area contributed by atoms with Gasteiger partial charge in [0.05, 0.1) is 5.69 Å². The van der Waals surface area contributed by atoms with Crippen LogP contribution in [-0.2, 0) is 14.4 Å². The molecular formula is C27H22ClN3O5. The molecular weight excluding hydrogens is 482 g/mol. The van der Waals surface area contributed by atoms with Crippen LogP contribution in [0.15, 0.2) is 72.3 Å². The van der Waals surface area contributed by atoms with Crippen LogP contribution < -0.4 is 20.3 Å². The van der Waals surface area contributed by atoms with E-state index in [1.807, 2.05) is 25.1 Å². The molecule has 0 aliphatic carbocycles. The molecule has 9 heteroatoms. The lowest BCUT2D eigenvalue weighted by Gasteiger charge is -2.26. The molecule has 36 heavy (non-hydrogen) atoms. The number of barbiturate groups is 1. The van der Waals surface area contributed by atoms with Gasteiger partial charge in [0, 0.05) is 10.7 Å². The van der Waals surface area contributed by atoms with Gasteiger partial charge in [-0.1, -0.05) is 48.0 Å². The van der Waals surface area contributed by atoms with E-state index < -0.39 is 17.8 Å². The lowest BCUT2D eigenvalue weighted by atomic mass is 10.1. The number of hydrogen-bond donors (Lipinski definition) is 2. The van der Waals surface area contributed by atoms with Crippen LogP contribution >= 0.6 is 11.6 Å². The zero-order valence-corrected chi connectivity index (χ0v) is 20.3. The second-order valence-corrected chi connectivity index (χ2v) is 8.52. The molecule has 1 aliphatic rings. The summed E-state index contributed by atoms with van der Waals surface area (Å²) in [6.07, 6.45) is 1.35. The smallest absolute Gasteiger partial charge is 0.335 e. The maximum Gasteiger partial charge on any atom is 0.335 e. The summed E-state index contributed by atoms with van der Waals surface area (Å²) >= 11 is 6.15. The highest BCUT2D eigenvalue weighted by Crippen LogP contribution is 2.27. The highest BCUT2D eigenvalue weighted by molar-refractivity contribution is 6.39. The van der Waals surface area contributed by atoms with Gasteiger partial charge in [-0.3, -0.25) is 19.7 Å². The summed E-state index contributed by atoms with van der Waals surface area (Å²) in [5.74, 6) is -1.57. The standard InChI is InChI=1S/C27H22ClN3O5/c1-16-10-11-19(14-22(16)28)31-26(34)21(25(33)30-27(31)35)13-18-7-5-8-20(12-18)36-15-24(32)29-23-9-4-3-6-17(23)2/h3-14H,15H2,1-2H3,(H,29,32)(H,30,33,35)/b21-13+. The minimum atomic E-state index is -0.862. The lowest BCUT2D eigenvalue weighted by molar-refractivity contribution is -0.122. The largest absolute Gasteiger partial charge is 0.484 e. The van der Waals surface area contributed by atoms with Crippen molar-refractivity contribution < 1.29 is 23.9 Å².